The van der Waals surface area contributed by atoms with Gasteiger partial charge in [0.25, 0.3) is 0 Å². The summed E-state index contributed by atoms with van der Waals surface area (Å²) in [5.74, 6) is 2.18. The van der Waals surface area contributed by atoms with E-state index in [1.165, 1.54) is 22.9 Å². The Hall–Kier alpha value is -0.380. The molecule has 2 heterocycles. The van der Waals surface area contributed by atoms with Crippen LogP contribution in [-0.4, -0.2) is 26.3 Å². The number of piperidine rings is 1. The van der Waals surface area contributed by atoms with E-state index in [1.54, 1.807) is 0 Å². The van der Waals surface area contributed by atoms with Crippen LogP contribution >= 0.6 is 15.9 Å². The third kappa shape index (κ3) is 2.63. The molecule has 1 N–H and O–H groups in total. The van der Waals surface area contributed by atoms with E-state index in [4.69, 9.17) is 4.74 Å². The molecule has 0 amide bonds. The average Bonchev–Trinajstić information content (AvgIpc) is 2.92. The van der Waals surface area contributed by atoms with E-state index in [0.717, 1.165) is 38.1 Å². The van der Waals surface area contributed by atoms with Gasteiger partial charge in [-0.3, -0.25) is 0 Å². The maximum absolute atomic E-state index is 5.59. The summed E-state index contributed by atoms with van der Waals surface area (Å²) in [5.41, 5.74) is 1.47. The van der Waals surface area contributed by atoms with Crippen LogP contribution in [-0.2, 0) is 4.74 Å². The van der Waals surface area contributed by atoms with Crippen LogP contribution in [0.4, 0.5) is 0 Å². The van der Waals surface area contributed by atoms with Gasteiger partial charge in [0.2, 0.25) is 0 Å². The molecule has 2 nitrogen and oxygen atoms in total. The van der Waals surface area contributed by atoms with E-state index in [-0.39, 0.29) is 0 Å². The lowest BCUT2D eigenvalue weighted by molar-refractivity contribution is 0.154. The molecule has 3 heteroatoms. The molecule has 98 valence electrons. The third-order valence-corrected chi connectivity index (χ3v) is 4.88. The summed E-state index contributed by atoms with van der Waals surface area (Å²) in [6.07, 6.45) is 2.53. The van der Waals surface area contributed by atoms with E-state index in [1.807, 2.05) is 0 Å². The minimum Gasteiger partial charge on any atom is -0.381 e. The highest BCUT2D eigenvalue weighted by atomic mass is 79.9. The van der Waals surface area contributed by atoms with Gasteiger partial charge in [-0.1, -0.05) is 28.1 Å². The Morgan fingerprint density at radius 3 is 3.00 bits per heavy atom. The molecule has 1 aromatic rings. The van der Waals surface area contributed by atoms with Crippen molar-refractivity contribution >= 4 is 15.9 Å². The molecule has 0 aromatic heterocycles. The van der Waals surface area contributed by atoms with Gasteiger partial charge in [0.1, 0.15) is 0 Å². The Kier molecular flexibility index (Phi) is 4.02. The quantitative estimate of drug-likeness (QED) is 0.906. The Balaban J connectivity index is 1.82. The van der Waals surface area contributed by atoms with Gasteiger partial charge in [-0.15, -0.1) is 0 Å². The zero-order valence-electron chi connectivity index (χ0n) is 10.6. The van der Waals surface area contributed by atoms with Crippen LogP contribution in [0.15, 0.2) is 28.7 Å². The maximum atomic E-state index is 5.59. The first kappa shape index (κ1) is 12.6. The van der Waals surface area contributed by atoms with Crippen LogP contribution in [0.5, 0.6) is 0 Å². The normalized spacial score (nSPS) is 32.6. The molecule has 3 atom stereocenters. The van der Waals surface area contributed by atoms with E-state index in [0.29, 0.717) is 5.92 Å². The molecule has 0 radical (unpaired) electrons. The van der Waals surface area contributed by atoms with Gasteiger partial charge in [0.15, 0.2) is 0 Å². The molecule has 0 spiro atoms. The lowest BCUT2D eigenvalue weighted by atomic mass is 9.74. The molecule has 2 fully saturated rings. The molecule has 3 rings (SSSR count). The summed E-state index contributed by atoms with van der Waals surface area (Å²) in [5, 5.41) is 3.55. The highest BCUT2D eigenvalue weighted by molar-refractivity contribution is 9.10. The minimum absolute atomic E-state index is 0.642. The highest BCUT2D eigenvalue weighted by Crippen LogP contribution is 2.38. The largest absolute Gasteiger partial charge is 0.381 e. The first-order valence-electron chi connectivity index (χ1n) is 6.88. The third-order valence-electron chi connectivity index (χ3n) is 4.38. The van der Waals surface area contributed by atoms with Crippen LogP contribution in [0, 0.1) is 11.8 Å². The van der Waals surface area contributed by atoms with E-state index in [2.05, 4.69) is 45.5 Å². The minimum atomic E-state index is 0.642. The lowest BCUT2D eigenvalue weighted by Crippen LogP contribution is -2.38. The second kappa shape index (κ2) is 5.72. The van der Waals surface area contributed by atoms with Gasteiger partial charge in [0.05, 0.1) is 0 Å². The zero-order valence-corrected chi connectivity index (χ0v) is 12.2. The van der Waals surface area contributed by atoms with Crippen LogP contribution in [0.1, 0.15) is 24.3 Å². The molecule has 1 aromatic carbocycles. The van der Waals surface area contributed by atoms with Crippen molar-refractivity contribution in [1.29, 1.82) is 0 Å². The second-order valence-corrected chi connectivity index (χ2v) is 6.36. The number of rotatable bonds is 2. The van der Waals surface area contributed by atoms with Crippen molar-refractivity contribution in [2.24, 2.45) is 11.8 Å². The summed E-state index contributed by atoms with van der Waals surface area (Å²) in [6.45, 7) is 4.19. The van der Waals surface area contributed by atoms with Gasteiger partial charge in [0, 0.05) is 24.2 Å². The summed E-state index contributed by atoms with van der Waals surface area (Å²) in [4.78, 5) is 0. The molecule has 3 unspecified atom stereocenters. The highest BCUT2D eigenvalue weighted by Gasteiger charge is 2.34. The van der Waals surface area contributed by atoms with E-state index < -0.39 is 0 Å². The summed E-state index contributed by atoms with van der Waals surface area (Å²) in [6, 6.07) is 8.80. The van der Waals surface area contributed by atoms with Gasteiger partial charge in [-0.25, -0.2) is 0 Å². The van der Waals surface area contributed by atoms with Crippen molar-refractivity contribution < 1.29 is 4.74 Å². The van der Waals surface area contributed by atoms with Crippen LogP contribution in [0.3, 0.4) is 0 Å². The molecule has 0 bridgehead atoms. The first-order chi connectivity index (χ1) is 8.84. The number of hydrogen-bond acceptors (Lipinski definition) is 2. The van der Waals surface area contributed by atoms with Crippen molar-refractivity contribution in [1.82, 2.24) is 5.32 Å². The standard InChI is InChI=1S/C15H20BrNO/c16-13-3-1-2-11(8-13)15-9-17-6-4-14(15)12-5-7-18-10-12/h1-3,8,12,14-15,17H,4-7,9-10H2. The van der Waals surface area contributed by atoms with Gasteiger partial charge in [-0.2, -0.15) is 0 Å². The first-order valence-corrected chi connectivity index (χ1v) is 7.68. The summed E-state index contributed by atoms with van der Waals surface area (Å²) >= 11 is 3.59. The monoisotopic (exact) mass is 309 g/mol. The van der Waals surface area contributed by atoms with Crippen LogP contribution < -0.4 is 5.32 Å². The molecular weight excluding hydrogens is 290 g/mol. The second-order valence-electron chi connectivity index (χ2n) is 5.44. The molecule has 2 aliphatic rings. The molecule has 0 aliphatic carbocycles. The van der Waals surface area contributed by atoms with Gasteiger partial charge < -0.3 is 10.1 Å². The van der Waals surface area contributed by atoms with Crippen molar-refractivity contribution in [2.75, 3.05) is 26.3 Å². The van der Waals surface area contributed by atoms with Gasteiger partial charge in [-0.05, 0) is 54.8 Å². The van der Waals surface area contributed by atoms with Crippen molar-refractivity contribution in [3.63, 3.8) is 0 Å². The fraction of sp³-hybridized carbons (Fsp3) is 0.600. The Morgan fingerprint density at radius 2 is 2.22 bits per heavy atom. The molecular formula is C15H20BrNO. The number of halogens is 1. The van der Waals surface area contributed by atoms with E-state index >= 15 is 0 Å². The molecule has 2 saturated heterocycles. The summed E-state index contributed by atoms with van der Waals surface area (Å²) < 4.78 is 6.78. The van der Waals surface area contributed by atoms with Crippen molar-refractivity contribution in [3.05, 3.63) is 34.3 Å². The lowest BCUT2D eigenvalue weighted by Gasteiger charge is -2.36. The van der Waals surface area contributed by atoms with Gasteiger partial charge >= 0.3 is 0 Å². The molecule has 18 heavy (non-hydrogen) atoms. The Morgan fingerprint density at radius 1 is 1.28 bits per heavy atom. The van der Waals surface area contributed by atoms with E-state index in [9.17, 15) is 0 Å². The number of benzene rings is 1. The van der Waals surface area contributed by atoms with Crippen LogP contribution in [0.25, 0.3) is 0 Å². The maximum Gasteiger partial charge on any atom is 0.0498 e. The summed E-state index contributed by atoms with van der Waals surface area (Å²) in [7, 11) is 0. The fourth-order valence-electron chi connectivity index (χ4n) is 3.44. The number of hydrogen-bond donors (Lipinski definition) is 1. The number of ether oxygens (including phenoxy) is 1. The SMILES string of the molecule is Brc1cccc(C2CNCCC2C2CCOC2)c1. The average molecular weight is 310 g/mol. The molecule has 0 saturated carbocycles. The zero-order chi connectivity index (χ0) is 12.4. The fourth-order valence-corrected chi connectivity index (χ4v) is 3.85. The number of nitrogens with one attached hydrogen (secondary N) is 1. The van der Waals surface area contributed by atoms with Crippen molar-refractivity contribution in [3.8, 4) is 0 Å². The predicted molar refractivity (Wildman–Crippen MR) is 76.8 cm³/mol. The van der Waals surface area contributed by atoms with Crippen molar-refractivity contribution in [2.45, 2.75) is 18.8 Å². The topological polar surface area (TPSA) is 21.3 Å². The molecule has 2 aliphatic heterocycles. The van der Waals surface area contributed by atoms with Crippen LogP contribution in [0.2, 0.25) is 0 Å². The smallest absolute Gasteiger partial charge is 0.0498 e. The Bertz CT molecular complexity index is 403. The Labute approximate surface area is 117 Å². The predicted octanol–water partition coefficient (Wildman–Crippen LogP) is 3.18.